The van der Waals surface area contributed by atoms with Gasteiger partial charge in [-0.1, -0.05) is 0 Å². The zero-order valence-corrected chi connectivity index (χ0v) is 17.6. The summed E-state index contributed by atoms with van der Waals surface area (Å²) >= 11 is 0. The number of H-pyrrole nitrogens is 1. The van der Waals surface area contributed by atoms with E-state index < -0.39 is 35.9 Å². The number of aliphatic imine (C=N–C) groups is 1. The highest BCUT2D eigenvalue weighted by Crippen LogP contribution is 2.22. The van der Waals surface area contributed by atoms with Crippen LogP contribution in [0.1, 0.15) is 23.2 Å². The minimum Gasteiger partial charge on any atom is -0.550 e. The summed E-state index contributed by atoms with van der Waals surface area (Å²) in [6, 6.07) is 4.31. The number of aliphatic carboxylic acids is 2. The van der Waals surface area contributed by atoms with Crippen LogP contribution in [0.3, 0.4) is 0 Å². The minimum absolute atomic E-state index is 0.0373. The van der Waals surface area contributed by atoms with E-state index in [1.165, 1.54) is 29.2 Å². The SMILES string of the molecule is Nc1nc2c(c(=O)[nH]1)N=C(CN(C=O)c1ccc(C(=O)NC(CCC(=O)[O-])C(=O)O)cc1)CN2. The maximum absolute atomic E-state index is 12.3. The van der Waals surface area contributed by atoms with Gasteiger partial charge in [0.05, 0.1) is 18.8 Å². The average Bonchev–Trinajstić information content (AvgIpc) is 2.80. The van der Waals surface area contributed by atoms with Crippen LogP contribution in [0.2, 0.25) is 0 Å². The number of aromatic nitrogens is 2. The fraction of sp³-hybridized carbons (Fsp3) is 0.250. The Kier molecular flexibility index (Phi) is 7.20. The Morgan fingerprint density at radius 3 is 2.62 bits per heavy atom. The van der Waals surface area contributed by atoms with Crippen molar-refractivity contribution in [3.8, 4) is 0 Å². The number of nitrogen functional groups attached to an aromatic ring is 1. The number of carbonyl (C=O) groups is 4. The van der Waals surface area contributed by atoms with Crippen LogP contribution in [0.4, 0.5) is 23.1 Å². The summed E-state index contributed by atoms with van der Waals surface area (Å²) in [5.74, 6) is -3.35. The van der Waals surface area contributed by atoms with E-state index in [1.54, 1.807) is 0 Å². The molecule has 1 aliphatic heterocycles. The first-order valence-corrected chi connectivity index (χ1v) is 9.93. The molecule has 1 unspecified atom stereocenters. The van der Waals surface area contributed by atoms with Crippen molar-refractivity contribution in [1.29, 1.82) is 0 Å². The number of rotatable bonds is 10. The predicted molar refractivity (Wildman–Crippen MR) is 118 cm³/mol. The fourth-order valence-corrected chi connectivity index (χ4v) is 3.14. The highest BCUT2D eigenvalue weighted by Gasteiger charge is 2.21. The molecule has 0 bridgehead atoms. The largest absolute Gasteiger partial charge is 0.550 e. The Morgan fingerprint density at radius 1 is 1.29 bits per heavy atom. The van der Waals surface area contributed by atoms with Gasteiger partial charge in [-0.05, 0) is 37.1 Å². The molecule has 1 aromatic carbocycles. The van der Waals surface area contributed by atoms with Gasteiger partial charge in [-0.25, -0.2) is 9.79 Å². The van der Waals surface area contributed by atoms with E-state index in [4.69, 9.17) is 10.8 Å². The summed E-state index contributed by atoms with van der Waals surface area (Å²) < 4.78 is 0. The van der Waals surface area contributed by atoms with Gasteiger partial charge in [0.1, 0.15) is 6.04 Å². The Balaban J connectivity index is 1.70. The number of amides is 2. The summed E-state index contributed by atoms with van der Waals surface area (Å²) in [5.41, 5.74) is 6.01. The van der Waals surface area contributed by atoms with Gasteiger partial charge in [-0.2, -0.15) is 4.98 Å². The molecule has 0 saturated carbocycles. The molecular formula is C20H20N7O7-. The number of nitrogens with one attached hydrogen (secondary N) is 3. The normalized spacial score (nSPS) is 13.0. The number of nitrogens with two attached hydrogens (primary N) is 1. The molecule has 14 nitrogen and oxygen atoms in total. The minimum atomic E-state index is -1.43. The number of nitrogens with zero attached hydrogens (tertiary/aromatic N) is 3. The van der Waals surface area contributed by atoms with E-state index in [2.05, 4.69) is 25.6 Å². The second-order valence-electron chi connectivity index (χ2n) is 7.24. The lowest BCUT2D eigenvalue weighted by Crippen LogP contribution is -2.41. The Bertz CT molecular complexity index is 1210. The van der Waals surface area contributed by atoms with Crippen LogP contribution in [0.25, 0.3) is 0 Å². The molecule has 1 aliphatic rings. The molecule has 1 aromatic heterocycles. The molecular weight excluding hydrogens is 450 g/mol. The molecule has 0 saturated heterocycles. The lowest BCUT2D eigenvalue weighted by molar-refractivity contribution is -0.305. The number of carboxylic acid groups (broad SMARTS) is 2. The number of hydrogen-bond acceptors (Lipinski definition) is 10. The molecule has 14 heteroatoms. The van der Waals surface area contributed by atoms with Gasteiger partial charge in [-0.3, -0.25) is 19.4 Å². The summed E-state index contributed by atoms with van der Waals surface area (Å²) in [6.45, 7) is 0.256. The zero-order chi connectivity index (χ0) is 24.8. The molecule has 0 radical (unpaired) electrons. The molecule has 0 spiro atoms. The number of anilines is 3. The van der Waals surface area contributed by atoms with Gasteiger partial charge in [-0.15, -0.1) is 0 Å². The van der Waals surface area contributed by atoms with Crippen molar-refractivity contribution in [1.82, 2.24) is 15.3 Å². The summed E-state index contributed by atoms with van der Waals surface area (Å²) in [4.78, 5) is 69.7. The van der Waals surface area contributed by atoms with Crippen molar-refractivity contribution in [2.75, 3.05) is 29.0 Å². The number of aromatic amines is 1. The van der Waals surface area contributed by atoms with E-state index in [9.17, 15) is 29.1 Å². The van der Waals surface area contributed by atoms with Crippen LogP contribution in [-0.4, -0.2) is 64.2 Å². The second-order valence-corrected chi connectivity index (χ2v) is 7.24. The number of carboxylic acids is 2. The molecule has 2 heterocycles. The van der Waals surface area contributed by atoms with E-state index >= 15 is 0 Å². The number of fused-ring (bicyclic) bond motifs is 1. The van der Waals surface area contributed by atoms with Crippen molar-refractivity contribution in [2.24, 2.45) is 4.99 Å². The predicted octanol–water partition coefficient (Wildman–Crippen LogP) is -1.77. The summed E-state index contributed by atoms with van der Waals surface area (Å²) in [7, 11) is 0. The standard InChI is InChI=1S/C20H21N7O7/c21-20-25-16-15(18(32)26-20)23-11(7-22-16)8-27(9-28)12-3-1-10(2-4-12)17(31)24-13(19(33)34)5-6-14(29)30/h1-4,9,13H,5-8H2,(H,24,31)(H,29,30)(H,33,34)(H4,21,22,25,26,32)/p-1. The topological polar surface area (TPSA) is 223 Å². The van der Waals surface area contributed by atoms with Crippen molar-refractivity contribution < 1.29 is 29.4 Å². The van der Waals surface area contributed by atoms with Gasteiger partial charge in [0.25, 0.3) is 11.5 Å². The quantitative estimate of drug-likeness (QED) is 0.246. The van der Waals surface area contributed by atoms with Crippen LogP contribution in [-0.2, 0) is 14.4 Å². The van der Waals surface area contributed by atoms with Crippen LogP contribution in [0, 0.1) is 0 Å². The fourth-order valence-electron chi connectivity index (χ4n) is 3.14. The highest BCUT2D eigenvalue weighted by molar-refractivity contribution is 6.01. The Hall–Kier alpha value is -4.75. The third-order valence-electron chi connectivity index (χ3n) is 4.82. The first kappa shape index (κ1) is 23.9. The van der Waals surface area contributed by atoms with Gasteiger partial charge in [0.2, 0.25) is 12.4 Å². The van der Waals surface area contributed by atoms with E-state index in [0.29, 0.717) is 17.8 Å². The van der Waals surface area contributed by atoms with Gasteiger partial charge >= 0.3 is 5.97 Å². The van der Waals surface area contributed by atoms with Crippen molar-refractivity contribution in [3.63, 3.8) is 0 Å². The third kappa shape index (κ3) is 5.73. The molecule has 6 N–H and O–H groups in total. The van der Waals surface area contributed by atoms with Gasteiger partial charge < -0.3 is 36.3 Å². The van der Waals surface area contributed by atoms with Gasteiger partial charge in [0.15, 0.2) is 11.5 Å². The second kappa shape index (κ2) is 10.2. The molecule has 2 amide bonds. The summed E-state index contributed by atoms with van der Waals surface area (Å²) in [5, 5.41) is 24.9. The summed E-state index contributed by atoms with van der Waals surface area (Å²) in [6.07, 6.45) is -0.299. The molecule has 3 rings (SSSR count). The first-order chi connectivity index (χ1) is 16.2. The van der Waals surface area contributed by atoms with Crippen molar-refractivity contribution in [2.45, 2.75) is 18.9 Å². The molecule has 0 aliphatic carbocycles. The number of carbonyl (C=O) groups excluding carboxylic acids is 3. The lowest BCUT2D eigenvalue weighted by atomic mass is 10.1. The van der Waals surface area contributed by atoms with Gasteiger partial charge in [0, 0.05) is 17.2 Å². The maximum atomic E-state index is 12.3. The molecule has 178 valence electrons. The van der Waals surface area contributed by atoms with Crippen molar-refractivity contribution in [3.05, 3.63) is 40.2 Å². The van der Waals surface area contributed by atoms with Crippen LogP contribution in [0.15, 0.2) is 34.1 Å². The first-order valence-electron chi connectivity index (χ1n) is 9.93. The number of hydrogen-bond donors (Lipinski definition) is 5. The average molecular weight is 470 g/mol. The Morgan fingerprint density at radius 2 is 2.00 bits per heavy atom. The Labute approximate surface area is 191 Å². The van der Waals surface area contributed by atoms with Crippen LogP contribution in [0.5, 0.6) is 0 Å². The van der Waals surface area contributed by atoms with E-state index in [1.807, 2.05) is 0 Å². The lowest BCUT2D eigenvalue weighted by Gasteiger charge is -2.22. The maximum Gasteiger partial charge on any atom is 0.326 e. The smallest absolute Gasteiger partial charge is 0.326 e. The molecule has 1 atom stereocenters. The van der Waals surface area contributed by atoms with Crippen molar-refractivity contribution >= 4 is 53.1 Å². The molecule has 2 aromatic rings. The molecule has 0 fully saturated rings. The van der Waals surface area contributed by atoms with E-state index in [-0.39, 0.29) is 42.5 Å². The van der Waals surface area contributed by atoms with Crippen LogP contribution < -0.4 is 31.9 Å². The van der Waals surface area contributed by atoms with E-state index in [0.717, 1.165) is 0 Å². The highest BCUT2D eigenvalue weighted by atomic mass is 16.4. The monoisotopic (exact) mass is 470 g/mol. The van der Waals surface area contributed by atoms with Crippen LogP contribution >= 0.6 is 0 Å². The number of benzene rings is 1. The third-order valence-corrected chi connectivity index (χ3v) is 4.82. The zero-order valence-electron chi connectivity index (χ0n) is 17.6. The molecule has 34 heavy (non-hydrogen) atoms.